The quantitative estimate of drug-likeness (QED) is 0.616. The van der Waals surface area contributed by atoms with Crippen molar-refractivity contribution in [3.63, 3.8) is 0 Å². The summed E-state index contributed by atoms with van der Waals surface area (Å²) in [6, 6.07) is 7.68. The van der Waals surface area contributed by atoms with Gasteiger partial charge in [-0.05, 0) is 0 Å². The van der Waals surface area contributed by atoms with E-state index in [1.807, 2.05) is 30.5 Å². The van der Waals surface area contributed by atoms with Crippen LogP contribution in [0.25, 0.3) is 0 Å². The molecule has 1 radical (unpaired) electrons. The van der Waals surface area contributed by atoms with E-state index in [9.17, 15) is 4.79 Å². The molecule has 0 aromatic heterocycles. The van der Waals surface area contributed by atoms with Gasteiger partial charge in [0.15, 0.2) is 0 Å². The molecular weight excluding hydrogens is 313 g/mol. The fraction of sp³-hybridized carbons (Fsp3) is 0.462. The third kappa shape index (κ3) is 5.44. The first-order valence-electron chi connectivity index (χ1n) is 5.74. The first-order chi connectivity index (χ1) is 8.67. The van der Waals surface area contributed by atoms with Crippen LogP contribution in [0.3, 0.4) is 0 Å². The Kier molecular flexibility index (Phi) is 7.44. The zero-order valence-corrected chi connectivity index (χ0v) is 13.2. The van der Waals surface area contributed by atoms with E-state index in [0.717, 1.165) is 23.4 Å². The van der Waals surface area contributed by atoms with Crippen LogP contribution in [-0.2, 0) is 9.53 Å². The second kappa shape index (κ2) is 8.59. The van der Waals surface area contributed by atoms with Crippen molar-refractivity contribution in [1.29, 1.82) is 0 Å². The Balaban J connectivity index is 2.45. The Hall–Kier alpha value is -0.481. The average Bonchev–Trinajstić information content (AvgIpc) is 2.39. The van der Waals surface area contributed by atoms with Crippen LogP contribution in [-0.4, -0.2) is 41.0 Å². The number of hydrogen-bond acceptors (Lipinski definition) is 3. The summed E-state index contributed by atoms with van der Waals surface area (Å²) < 4.78 is 5.18. The Morgan fingerprint density at radius 2 is 2.11 bits per heavy atom. The van der Waals surface area contributed by atoms with Gasteiger partial charge in [0.1, 0.15) is 0 Å². The van der Waals surface area contributed by atoms with Crippen LogP contribution < -0.4 is 5.32 Å². The monoisotopic (exact) mass is 332 g/mol. The Morgan fingerprint density at radius 1 is 1.44 bits per heavy atom. The summed E-state index contributed by atoms with van der Waals surface area (Å²) in [4.78, 5) is 11.6. The molecule has 0 aliphatic carbocycles. The molecule has 0 saturated carbocycles. The number of carbonyl (C=O) groups is 1. The van der Waals surface area contributed by atoms with Crippen LogP contribution in [0.15, 0.2) is 24.3 Å². The first kappa shape index (κ1) is 15.6. The molecule has 5 heteroatoms. The summed E-state index contributed by atoms with van der Waals surface area (Å²) in [5.41, 5.74) is 1.88. The summed E-state index contributed by atoms with van der Waals surface area (Å²) in [5.74, 6) is 1.09. The van der Waals surface area contributed by atoms with Gasteiger partial charge in [-0.15, -0.1) is 0 Å². The molecule has 1 atom stereocenters. The summed E-state index contributed by atoms with van der Waals surface area (Å²) in [5, 5.41) is 2.84. The van der Waals surface area contributed by atoms with E-state index < -0.39 is 0 Å². The number of ether oxygens (including phenoxy) is 1. The first-order valence-corrected chi connectivity index (χ1v) is 8.13. The molecule has 0 saturated heterocycles. The van der Waals surface area contributed by atoms with E-state index in [4.69, 9.17) is 4.74 Å². The van der Waals surface area contributed by atoms with Crippen LogP contribution >= 0.6 is 11.8 Å². The van der Waals surface area contributed by atoms with Crippen molar-refractivity contribution >= 4 is 39.4 Å². The van der Waals surface area contributed by atoms with Gasteiger partial charge in [0.05, 0.1) is 0 Å². The maximum atomic E-state index is 11.6. The van der Waals surface area contributed by atoms with Crippen molar-refractivity contribution in [1.82, 2.24) is 0 Å². The Morgan fingerprint density at radius 3 is 2.67 bits per heavy atom. The predicted octanol–water partition coefficient (Wildman–Crippen LogP) is 2.58. The zero-order chi connectivity index (χ0) is 13.4. The number of anilines is 1. The van der Waals surface area contributed by atoms with Gasteiger partial charge in [0, 0.05) is 0 Å². The maximum absolute atomic E-state index is 11.6. The fourth-order valence-electron chi connectivity index (χ4n) is 1.46. The molecule has 1 amide bonds. The third-order valence-electron chi connectivity index (χ3n) is 2.43. The molecular formula is C13H18NO2SSe. The second-order valence-electron chi connectivity index (χ2n) is 3.83. The molecule has 0 heterocycles. The number of benzene rings is 1. The minimum atomic E-state index is -0.0451. The number of nitrogens with one attached hydrogen (secondary N) is 1. The van der Waals surface area contributed by atoms with Gasteiger partial charge >= 0.3 is 121 Å². The molecule has 0 bridgehead atoms. The number of thioether (sulfide) groups is 1. The van der Waals surface area contributed by atoms with E-state index >= 15 is 0 Å². The van der Waals surface area contributed by atoms with Gasteiger partial charge in [0.2, 0.25) is 0 Å². The molecule has 1 unspecified atom stereocenters. The van der Waals surface area contributed by atoms with Crippen molar-refractivity contribution in [2.24, 2.45) is 0 Å². The van der Waals surface area contributed by atoms with E-state index in [0.29, 0.717) is 6.42 Å². The van der Waals surface area contributed by atoms with Crippen molar-refractivity contribution < 1.29 is 9.53 Å². The van der Waals surface area contributed by atoms with Gasteiger partial charge in [0.25, 0.3) is 0 Å². The molecule has 1 rings (SSSR count). The molecule has 0 spiro atoms. The Bertz CT molecular complexity index is 370. The molecule has 0 fully saturated rings. The van der Waals surface area contributed by atoms with E-state index in [2.05, 4.69) is 21.3 Å². The van der Waals surface area contributed by atoms with Gasteiger partial charge in [-0.25, -0.2) is 0 Å². The van der Waals surface area contributed by atoms with Crippen LogP contribution in [0.2, 0.25) is 0 Å². The van der Waals surface area contributed by atoms with Crippen LogP contribution in [0.5, 0.6) is 0 Å². The summed E-state index contributed by atoms with van der Waals surface area (Å²) in [6.07, 6.45) is 3.54. The normalized spacial score (nSPS) is 12.2. The number of carbonyl (C=O) groups excluding carboxylic acids is 1. The van der Waals surface area contributed by atoms with Crippen molar-refractivity contribution in [2.75, 3.05) is 24.4 Å². The molecule has 0 aliphatic heterocycles. The molecule has 1 aromatic carbocycles. The summed E-state index contributed by atoms with van der Waals surface area (Å²) in [6.45, 7) is 0. The number of amides is 1. The van der Waals surface area contributed by atoms with Gasteiger partial charge < -0.3 is 0 Å². The summed E-state index contributed by atoms with van der Waals surface area (Å²) >= 11 is 4.69. The molecule has 1 aromatic rings. The molecule has 3 nitrogen and oxygen atoms in total. The van der Waals surface area contributed by atoms with Gasteiger partial charge in [-0.2, -0.15) is 0 Å². The average molecular weight is 331 g/mol. The SMILES string of the molecule is COC([Se])c1ccc(NC(=O)CCCSC)cc1. The van der Waals surface area contributed by atoms with Crippen LogP contribution in [0, 0.1) is 0 Å². The van der Waals surface area contributed by atoms with Crippen LogP contribution in [0.1, 0.15) is 23.4 Å². The number of hydrogen-bond donors (Lipinski definition) is 1. The zero-order valence-electron chi connectivity index (χ0n) is 10.6. The van der Waals surface area contributed by atoms with E-state index in [1.54, 1.807) is 18.9 Å². The van der Waals surface area contributed by atoms with E-state index in [-0.39, 0.29) is 10.9 Å². The van der Waals surface area contributed by atoms with Gasteiger partial charge in [-0.3, -0.25) is 0 Å². The van der Waals surface area contributed by atoms with Gasteiger partial charge in [-0.1, -0.05) is 0 Å². The second-order valence-corrected chi connectivity index (χ2v) is 5.72. The van der Waals surface area contributed by atoms with Crippen molar-refractivity contribution in [2.45, 2.75) is 17.8 Å². The standard InChI is InChI=1S/C13H18NO2SSe/c1-16-13(18)10-5-7-11(8-6-10)14-12(15)4-3-9-17-2/h5-8,13H,3-4,9H2,1-2H3,(H,14,15). The Labute approximate surface area is 121 Å². The van der Waals surface area contributed by atoms with Crippen molar-refractivity contribution in [3.8, 4) is 0 Å². The predicted molar refractivity (Wildman–Crippen MR) is 78.2 cm³/mol. The minimum absolute atomic E-state index is 0.0451. The van der Waals surface area contributed by atoms with Crippen LogP contribution in [0.4, 0.5) is 5.69 Å². The number of methoxy groups -OCH3 is 1. The van der Waals surface area contributed by atoms with Crippen molar-refractivity contribution in [3.05, 3.63) is 29.8 Å². The molecule has 0 aliphatic rings. The fourth-order valence-corrected chi connectivity index (χ4v) is 2.22. The topological polar surface area (TPSA) is 38.3 Å². The summed E-state index contributed by atoms with van der Waals surface area (Å²) in [7, 11) is 1.66. The molecule has 1 N–H and O–H groups in total. The number of rotatable bonds is 7. The molecule has 18 heavy (non-hydrogen) atoms. The van der Waals surface area contributed by atoms with E-state index in [1.165, 1.54) is 0 Å². The molecule has 99 valence electrons. The third-order valence-corrected chi connectivity index (χ3v) is 4.10.